The van der Waals surface area contributed by atoms with Crippen molar-refractivity contribution in [2.75, 3.05) is 6.54 Å². The number of hydrogen-bond donors (Lipinski definition) is 1. The Balaban J connectivity index is 1.60. The summed E-state index contributed by atoms with van der Waals surface area (Å²) < 4.78 is 2.39. The van der Waals surface area contributed by atoms with Crippen molar-refractivity contribution in [2.24, 2.45) is 29.4 Å². The largest absolute Gasteiger partial charge is 0.334 e. The minimum absolute atomic E-state index is 0.777. The fourth-order valence-electron chi connectivity index (χ4n) is 5.47. The molecule has 0 atom stereocenters. The van der Waals surface area contributed by atoms with Crippen molar-refractivity contribution in [3.63, 3.8) is 0 Å². The molecule has 4 bridgehead atoms. The number of hydrogen-bond acceptors (Lipinski definition) is 2. The van der Waals surface area contributed by atoms with Crippen molar-refractivity contribution in [3.8, 4) is 0 Å². The van der Waals surface area contributed by atoms with Crippen LogP contribution >= 0.6 is 0 Å². The quantitative estimate of drug-likeness (QED) is 0.903. The Morgan fingerprint density at radius 1 is 1.11 bits per heavy atom. The van der Waals surface area contributed by atoms with E-state index in [9.17, 15) is 0 Å². The molecule has 3 heteroatoms. The lowest BCUT2D eigenvalue weighted by Gasteiger charge is -2.54. The zero-order valence-corrected chi connectivity index (χ0v) is 11.7. The first kappa shape index (κ1) is 12.0. The van der Waals surface area contributed by atoms with Crippen molar-refractivity contribution >= 4 is 0 Å². The van der Waals surface area contributed by atoms with Crippen molar-refractivity contribution in [2.45, 2.75) is 51.0 Å². The van der Waals surface area contributed by atoms with E-state index in [4.69, 9.17) is 5.73 Å². The van der Waals surface area contributed by atoms with E-state index in [2.05, 4.69) is 15.7 Å². The van der Waals surface area contributed by atoms with Gasteiger partial charge < -0.3 is 10.3 Å². The Morgan fingerprint density at radius 3 is 2.42 bits per heavy atom. The number of imidazole rings is 1. The highest BCUT2D eigenvalue weighted by atomic mass is 15.0. The first-order valence-corrected chi connectivity index (χ1v) is 8.05. The smallest absolute Gasteiger partial charge is 0.0948 e. The van der Waals surface area contributed by atoms with E-state index in [1.54, 1.807) is 0 Å². The lowest BCUT2D eigenvalue weighted by Crippen LogP contribution is -2.44. The molecule has 1 aromatic rings. The molecule has 0 amide bonds. The van der Waals surface area contributed by atoms with Gasteiger partial charge in [-0.15, -0.1) is 0 Å². The molecular weight excluding hydrogens is 234 g/mol. The molecule has 0 aromatic carbocycles. The summed E-state index contributed by atoms with van der Waals surface area (Å²) in [6.07, 6.45) is 12.7. The van der Waals surface area contributed by atoms with E-state index >= 15 is 0 Å². The molecule has 1 heterocycles. The van der Waals surface area contributed by atoms with Gasteiger partial charge in [0.25, 0.3) is 0 Å². The van der Waals surface area contributed by atoms with Gasteiger partial charge in [0.1, 0.15) is 0 Å². The predicted octanol–water partition coefficient (Wildman–Crippen LogP) is 2.77. The van der Waals surface area contributed by atoms with E-state index in [0.717, 1.165) is 49.1 Å². The molecule has 19 heavy (non-hydrogen) atoms. The third kappa shape index (κ3) is 1.94. The summed E-state index contributed by atoms with van der Waals surface area (Å²) in [7, 11) is 0. The third-order valence-electron chi connectivity index (χ3n) is 5.92. The monoisotopic (exact) mass is 259 g/mol. The van der Waals surface area contributed by atoms with Crippen LogP contribution in [0.3, 0.4) is 0 Å². The molecule has 0 radical (unpaired) electrons. The van der Waals surface area contributed by atoms with Gasteiger partial charge in [-0.25, -0.2) is 4.98 Å². The molecule has 4 fully saturated rings. The maximum atomic E-state index is 5.66. The van der Waals surface area contributed by atoms with Crippen molar-refractivity contribution < 1.29 is 0 Å². The zero-order valence-electron chi connectivity index (χ0n) is 11.7. The van der Waals surface area contributed by atoms with Crippen molar-refractivity contribution in [3.05, 3.63) is 18.2 Å². The molecular formula is C16H25N3. The number of nitrogens with zero attached hydrogens (tertiary/aromatic N) is 2. The van der Waals surface area contributed by atoms with Crippen LogP contribution in [-0.4, -0.2) is 16.1 Å². The summed E-state index contributed by atoms with van der Waals surface area (Å²) in [5, 5.41) is 0. The van der Waals surface area contributed by atoms with Crippen LogP contribution in [0, 0.1) is 23.7 Å². The van der Waals surface area contributed by atoms with E-state index in [1.165, 1.54) is 37.8 Å². The van der Waals surface area contributed by atoms with Crippen LogP contribution in [-0.2, 0) is 6.54 Å². The molecule has 104 valence electrons. The standard InChI is InChI=1S/C16H25N3/c17-2-1-3-19-10-18-9-15(19)16-13-5-11-4-12(7-13)8-14(16)6-11/h9-14,16H,1-8,17H2. The van der Waals surface area contributed by atoms with E-state index in [1.807, 2.05) is 6.33 Å². The lowest BCUT2D eigenvalue weighted by molar-refractivity contribution is -0.00530. The maximum absolute atomic E-state index is 5.66. The lowest BCUT2D eigenvalue weighted by atomic mass is 9.51. The van der Waals surface area contributed by atoms with Gasteiger partial charge in [-0.3, -0.25) is 0 Å². The van der Waals surface area contributed by atoms with Crippen molar-refractivity contribution in [1.29, 1.82) is 0 Å². The number of nitrogens with two attached hydrogens (primary N) is 1. The van der Waals surface area contributed by atoms with Gasteiger partial charge in [-0.2, -0.15) is 0 Å². The van der Waals surface area contributed by atoms with Gasteiger partial charge in [0.05, 0.1) is 6.33 Å². The second-order valence-corrected chi connectivity index (χ2v) is 7.11. The highest BCUT2D eigenvalue weighted by molar-refractivity contribution is 5.16. The zero-order chi connectivity index (χ0) is 12.8. The first-order valence-electron chi connectivity index (χ1n) is 8.05. The van der Waals surface area contributed by atoms with Gasteiger partial charge in [-0.1, -0.05) is 0 Å². The highest BCUT2D eigenvalue weighted by Crippen LogP contribution is 2.59. The van der Waals surface area contributed by atoms with Crippen LogP contribution in [0.15, 0.2) is 12.5 Å². The molecule has 4 saturated carbocycles. The highest BCUT2D eigenvalue weighted by Gasteiger charge is 2.49. The van der Waals surface area contributed by atoms with E-state index in [0.29, 0.717) is 0 Å². The predicted molar refractivity (Wildman–Crippen MR) is 75.7 cm³/mol. The number of aryl methyl sites for hydroxylation is 1. The third-order valence-corrected chi connectivity index (χ3v) is 5.92. The molecule has 3 nitrogen and oxygen atoms in total. The Morgan fingerprint density at radius 2 is 1.79 bits per heavy atom. The molecule has 4 aliphatic rings. The molecule has 0 unspecified atom stereocenters. The van der Waals surface area contributed by atoms with Gasteiger partial charge in [0.2, 0.25) is 0 Å². The first-order chi connectivity index (χ1) is 9.35. The van der Waals surface area contributed by atoms with E-state index < -0.39 is 0 Å². The SMILES string of the molecule is NCCCn1cncc1C1C2CC3CC(C2)CC1C3. The summed E-state index contributed by atoms with van der Waals surface area (Å²) in [4.78, 5) is 4.43. The minimum atomic E-state index is 0.777. The van der Waals surface area contributed by atoms with Crippen LogP contribution in [0.25, 0.3) is 0 Å². The average Bonchev–Trinajstić information content (AvgIpc) is 2.83. The molecule has 2 N–H and O–H groups in total. The van der Waals surface area contributed by atoms with Crippen molar-refractivity contribution in [1.82, 2.24) is 9.55 Å². The van der Waals surface area contributed by atoms with E-state index in [-0.39, 0.29) is 0 Å². The molecule has 0 saturated heterocycles. The van der Waals surface area contributed by atoms with Gasteiger partial charge in [-0.05, 0) is 68.7 Å². The molecule has 1 aromatic heterocycles. The minimum Gasteiger partial charge on any atom is -0.334 e. The summed E-state index contributed by atoms with van der Waals surface area (Å²) in [6, 6.07) is 0. The maximum Gasteiger partial charge on any atom is 0.0948 e. The average molecular weight is 259 g/mol. The Hall–Kier alpha value is -0.830. The second kappa shape index (κ2) is 4.62. The van der Waals surface area contributed by atoms with Gasteiger partial charge in [0.15, 0.2) is 0 Å². The number of aromatic nitrogens is 2. The Bertz CT molecular complexity index is 423. The summed E-state index contributed by atoms with van der Waals surface area (Å²) in [5.74, 6) is 4.81. The molecule has 5 rings (SSSR count). The Labute approximate surface area is 115 Å². The molecule has 4 aliphatic carbocycles. The molecule has 0 spiro atoms. The fourth-order valence-corrected chi connectivity index (χ4v) is 5.47. The van der Waals surface area contributed by atoms with Gasteiger partial charge in [0, 0.05) is 24.4 Å². The second-order valence-electron chi connectivity index (χ2n) is 7.11. The topological polar surface area (TPSA) is 43.8 Å². The normalized spacial score (nSPS) is 39.9. The summed E-state index contributed by atoms with van der Waals surface area (Å²) in [6.45, 7) is 1.83. The van der Waals surface area contributed by atoms with Crippen LogP contribution in [0.5, 0.6) is 0 Å². The Kier molecular flexibility index (Phi) is 2.91. The van der Waals surface area contributed by atoms with Crippen LogP contribution < -0.4 is 5.73 Å². The molecule has 0 aliphatic heterocycles. The van der Waals surface area contributed by atoms with Crippen LogP contribution in [0.1, 0.15) is 50.1 Å². The van der Waals surface area contributed by atoms with Crippen LogP contribution in [0.4, 0.5) is 0 Å². The van der Waals surface area contributed by atoms with Crippen LogP contribution in [0.2, 0.25) is 0 Å². The summed E-state index contributed by atoms with van der Waals surface area (Å²) in [5.41, 5.74) is 7.17. The number of rotatable bonds is 4. The summed E-state index contributed by atoms with van der Waals surface area (Å²) >= 11 is 0. The fraction of sp³-hybridized carbons (Fsp3) is 0.812. The van der Waals surface area contributed by atoms with Gasteiger partial charge >= 0.3 is 0 Å².